The first-order chi connectivity index (χ1) is 12.7. The zero-order valence-corrected chi connectivity index (χ0v) is 16.6. The Kier molecular flexibility index (Phi) is 7.20. The predicted molar refractivity (Wildman–Crippen MR) is 105 cm³/mol. The van der Waals surface area contributed by atoms with Crippen molar-refractivity contribution in [2.24, 2.45) is 5.14 Å². The van der Waals surface area contributed by atoms with E-state index in [4.69, 9.17) is 21.5 Å². The molecule has 1 unspecified atom stereocenters. The van der Waals surface area contributed by atoms with Crippen LogP contribution in [0.15, 0.2) is 53.4 Å². The number of primary sulfonamides is 1. The Morgan fingerprint density at radius 3 is 2.56 bits per heavy atom. The van der Waals surface area contributed by atoms with Gasteiger partial charge in [0.25, 0.3) is 0 Å². The number of halogens is 1. The molecule has 7 nitrogen and oxygen atoms in total. The summed E-state index contributed by atoms with van der Waals surface area (Å²) < 4.78 is 28.4. The highest BCUT2D eigenvalue weighted by molar-refractivity contribution is 7.89. The molecule has 2 aromatic carbocycles. The number of amides is 1. The van der Waals surface area contributed by atoms with Crippen molar-refractivity contribution in [3.05, 3.63) is 53.6 Å². The number of anilines is 1. The number of hydrogen-bond donors (Lipinski definition) is 2. The summed E-state index contributed by atoms with van der Waals surface area (Å²) >= 11 is 5.83. The van der Waals surface area contributed by atoms with Crippen LogP contribution < -0.4 is 15.2 Å². The minimum Gasteiger partial charge on any atom is -0.492 e. The summed E-state index contributed by atoms with van der Waals surface area (Å²) in [6.45, 7) is 2.67. The number of likely N-dealkylation sites (N-methyl/N-ethyl adjacent to an activating group) is 1. The quantitative estimate of drug-likeness (QED) is 0.694. The van der Waals surface area contributed by atoms with E-state index in [9.17, 15) is 13.2 Å². The lowest BCUT2D eigenvalue weighted by atomic mass is 10.2. The summed E-state index contributed by atoms with van der Waals surface area (Å²) in [5, 5.41) is 8.43. The van der Waals surface area contributed by atoms with Gasteiger partial charge < -0.3 is 10.1 Å². The van der Waals surface area contributed by atoms with Crippen LogP contribution in [0.5, 0.6) is 5.75 Å². The van der Waals surface area contributed by atoms with Gasteiger partial charge in [-0.15, -0.1) is 0 Å². The number of nitrogens with zero attached hydrogens (tertiary/aromatic N) is 1. The first-order valence-electron chi connectivity index (χ1n) is 8.19. The van der Waals surface area contributed by atoms with Gasteiger partial charge >= 0.3 is 0 Å². The summed E-state index contributed by atoms with van der Waals surface area (Å²) in [4.78, 5) is 14.2. The number of rotatable bonds is 8. The second kappa shape index (κ2) is 9.18. The molecule has 27 heavy (non-hydrogen) atoms. The van der Waals surface area contributed by atoms with Crippen LogP contribution in [0.1, 0.15) is 6.92 Å². The van der Waals surface area contributed by atoms with Crippen LogP contribution in [0.25, 0.3) is 0 Å². The Bertz CT molecular complexity index is 888. The number of ether oxygens (including phenoxy) is 1. The Balaban J connectivity index is 1.87. The second-order valence-electron chi connectivity index (χ2n) is 6.02. The van der Waals surface area contributed by atoms with E-state index in [-0.39, 0.29) is 10.8 Å². The first kappa shape index (κ1) is 21.2. The van der Waals surface area contributed by atoms with Crippen LogP contribution in [-0.2, 0) is 14.8 Å². The number of nitrogens with one attached hydrogen (secondary N) is 1. The average molecular weight is 412 g/mol. The summed E-state index contributed by atoms with van der Waals surface area (Å²) in [5.74, 6) is 0.431. The molecule has 0 bridgehead atoms. The molecule has 0 aliphatic rings. The van der Waals surface area contributed by atoms with Gasteiger partial charge in [0.2, 0.25) is 15.9 Å². The SMILES string of the molecule is CC(C(=O)Nc1cccc(S(N)(=O)=O)c1)N(C)CCOc1ccc(Cl)cc1. The van der Waals surface area contributed by atoms with Crippen molar-refractivity contribution < 1.29 is 17.9 Å². The lowest BCUT2D eigenvalue weighted by molar-refractivity contribution is -0.120. The predicted octanol–water partition coefficient (Wildman–Crippen LogP) is 2.33. The maximum Gasteiger partial charge on any atom is 0.241 e. The minimum absolute atomic E-state index is 0.0577. The van der Waals surface area contributed by atoms with E-state index in [1.54, 1.807) is 44.3 Å². The Morgan fingerprint density at radius 2 is 1.93 bits per heavy atom. The molecule has 0 saturated heterocycles. The topological polar surface area (TPSA) is 102 Å². The van der Waals surface area contributed by atoms with Crippen molar-refractivity contribution in [1.29, 1.82) is 0 Å². The van der Waals surface area contributed by atoms with Crippen molar-refractivity contribution in [2.75, 3.05) is 25.5 Å². The van der Waals surface area contributed by atoms with Crippen LogP contribution in [0.3, 0.4) is 0 Å². The molecule has 0 aromatic heterocycles. The van der Waals surface area contributed by atoms with E-state index in [0.29, 0.717) is 29.6 Å². The number of nitrogens with two attached hydrogens (primary N) is 1. The fourth-order valence-electron chi connectivity index (χ4n) is 2.23. The molecule has 0 radical (unpaired) electrons. The van der Waals surface area contributed by atoms with Gasteiger partial charge in [-0.25, -0.2) is 13.6 Å². The largest absolute Gasteiger partial charge is 0.492 e. The van der Waals surface area contributed by atoms with Gasteiger partial charge in [0, 0.05) is 17.3 Å². The Labute approximate surface area is 164 Å². The molecular formula is C18H22ClN3O4S. The third-order valence-corrected chi connectivity index (χ3v) is 5.16. The molecule has 1 atom stereocenters. The van der Waals surface area contributed by atoms with Crippen molar-refractivity contribution >= 4 is 33.2 Å². The van der Waals surface area contributed by atoms with Crippen molar-refractivity contribution in [2.45, 2.75) is 17.9 Å². The number of benzene rings is 2. The van der Waals surface area contributed by atoms with Crippen molar-refractivity contribution in [3.8, 4) is 5.75 Å². The van der Waals surface area contributed by atoms with Crippen LogP contribution >= 0.6 is 11.6 Å². The van der Waals surface area contributed by atoms with Crippen molar-refractivity contribution in [1.82, 2.24) is 4.90 Å². The van der Waals surface area contributed by atoms with E-state index in [1.807, 2.05) is 4.90 Å². The van der Waals surface area contributed by atoms with Gasteiger partial charge in [-0.05, 0) is 56.4 Å². The molecule has 146 valence electrons. The van der Waals surface area contributed by atoms with E-state index in [1.165, 1.54) is 18.2 Å². The highest BCUT2D eigenvalue weighted by Crippen LogP contribution is 2.16. The molecule has 3 N–H and O–H groups in total. The molecular weight excluding hydrogens is 390 g/mol. The lowest BCUT2D eigenvalue weighted by Gasteiger charge is -2.24. The maximum atomic E-state index is 12.4. The van der Waals surface area contributed by atoms with Crippen molar-refractivity contribution in [3.63, 3.8) is 0 Å². The highest BCUT2D eigenvalue weighted by Gasteiger charge is 2.18. The van der Waals surface area contributed by atoms with Gasteiger partial charge in [-0.3, -0.25) is 9.69 Å². The molecule has 9 heteroatoms. The van der Waals surface area contributed by atoms with E-state index >= 15 is 0 Å². The van der Waals surface area contributed by atoms with Gasteiger partial charge in [-0.2, -0.15) is 0 Å². The Hall–Kier alpha value is -2.13. The van der Waals surface area contributed by atoms with E-state index in [0.717, 1.165) is 0 Å². The van der Waals surface area contributed by atoms with Crippen LogP contribution in [0.2, 0.25) is 5.02 Å². The van der Waals surface area contributed by atoms with Crippen LogP contribution in [0, 0.1) is 0 Å². The molecule has 2 aromatic rings. The number of carbonyl (C=O) groups is 1. The zero-order chi connectivity index (χ0) is 20.0. The standard InChI is InChI=1S/C18H22ClN3O4S/c1-13(22(2)10-11-26-16-8-6-14(19)7-9-16)18(23)21-15-4-3-5-17(12-15)27(20,24)25/h3-9,12-13H,10-11H2,1-2H3,(H,21,23)(H2,20,24,25). The molecule has 0 saturated carbocycles. The summed E-state index contributed by atoms with van der Waals surface area (Å²) in [7, 11) is -2.02. The minimum atomic E-state index is -3.83. The molecule has 0 fully saturated rings. The maximum absolute atomic E-state index is 12.4. The van der Waals surface area contributed by atoms with Gasteiger partial charge in [0.1, 0.15) is 12.4 Å². The van der Waals surface area contributed by atoms with Crippen LogP contribution in [-0.4, -0.2) is 45.5 Å². The van der Waals surface area contributed by atoms with Crippen LogP contribution in [0.4, 0.5) is 5.69 Å². The molecule has 0 aliphatic carbocycles. The summed E-state index contributed by atoms with van der Waals surface area (Å²) in [5.41, 5.74) is 0.365. The van der Waals surface area contributed by atoms with E-state index in [2.05, 4.69) is 5.32 Å². The highest BCUT2D eigenvalue weighted by atomic mass is 35.5. The molecule has 0 heterocycles. The third-order valence-electron chi connectivity index (χ3n) is 4.00. The third kappa shape index (κ3) is 6.51. The zero-order valence-electron chi connectivity index (χ0n) is 15.1. The normalized spacial score (nSPS) is 12.6. The number of hydrogen-bond acceptors (Lipinski definition) is 5. The molecule has 0 aliphatic heterocycles. The number of carbonyl (C=O) groups excluding carboxylic acids is 1. The average Bonchev–Trinajstić information content (AvgIpc) is 2.62. The van der Waals surface area contributed by atoms with Gasteiger partial charge in [0.15, 0.2) is 0 Å². The lowest BCUT2D eigenvalue weighted by Crippen LogP contribution is -2.41. The first-order valence-corrected chi connectivity index (χ1v) is 10.1. The molecule has 0 spiro atoms. The molecule has 1 amide bonds. The fourth-order valence-corrected chi connectivity index (χ4v) is 2.92. The Morgan fingerprint density at radius 1 is 1.26 bits per heavy atom. The van der Waals surface area contributed by atoms with E-state index < -0.39 is 16.1 Å². The monoisotopic (exact) mass is 411 g/mol. The summed E-state index contributed by atoms with van der Waals surface area (Å²) in [6, 6.07) is 12.4. The molecule has 2 rings (SSSR count). The smallest absolute Gasteiger partial charge is 0.241 e. The van der Waals surface area contributed by atoms with Gasteiger partial charge in [-0.1, -0.05) is 17.7 Å². The summed E-state index contributed by atoms with van der Waals surface area (Å²) in [6.07, 6.45) is 0. The number of sulfonamides is 1. The van der Waals surface area contributed by atoms with Gasteiger partial charge in [0.05, 0.1) is 10.9 Å². The fraction of sp³-hybridized carbons (Fsp3) is 0.278. The second-order valence-corrected chi connectivity index (χ2v) is 8.02.